The summed E-state index contributed by atoms with van der Waals surface area (Å²) in [5, 5.41) is 6.04. The Bertz CT molecular complexity index is 1260. The van der Waals surface area contributed by atoms with Gasteiger partial charge in [0, 0.05) is 11.9 Å². The molecule has 0 bridgehead atoms. The summed E-state index contributed by atoms with van der Waals surface area (Å²) in [5.74, 6) is 1.36. The van der Waals surface area contributed by atoms with E-state index in [1.807, 2.05) is 18.2 Å². The van der Waals surface area contributed by atoms with E-state index >= 15 is 0 Å². The van der Waals surface area contributed by atoms with Gasteiger partial charge in [-0.05, 0) is 37.0 Å². The van der Waals surface area contributed by atoms with Gasteiger partial charge in [0.1, 0.15) is 4.83 Å². The lowest BCUT2D eigenvalue weighted by Gasteiger charge is -2.06. The van der Waals surface area contributed by atoms with Crippen LogP contribution in [0.1, 0.15) is 22.7 Å². The molecule has 0 spiro atoms. The average molecular weight is 431 g/mol. The zero-order valence-electron chi connectivity index (χ0n) is 14.9. The first-order chi connectivity index (χ1) is 13.6. The van der Waals surface area contributed by atoms with Crippen molar-refractivity contribution in [2.45, 2.75) is 30.2 Å². The third-order valence-corrected chi connectivity index (χ3v) is 7.35. The number of benzene rings is 1. The van der Waals surface area contributed by atoms with Gasteiger partial charge < -0.3 is 4.52 Å². The van der Waals surface area contributed by atoms with Gasteiger partial charge in [-0.15, -0.1) is 11.3 Å². The molecule has 1 aliphatic carbocycles. The number of thioether (sulfide) groups is 1. The Morgan fingerprint density at radius 2 is 2.14 bits per heavy atom. The van der Waals surface area contributed by atoms with E-state index in [9.17, 15) is 4.79 Å². The van der Waals surface area contributed by atoms with Crippen LogP contribution in [0.2, 0.25) is 5.02 Å². The second kappa shape index (κ2) is 7.02. The predicted octanol–water partition coefficient (Wildman–Crippen LogP) is 4.48. The Morgan fingerprint density at radius 3 is 3.00 bits per heavy atom. The van der Waals surface area contributed by atoms with Gasteiger partial charge in [0.15, 0.2) is 11.0 Å². The molecule has 5 rings (SSSR count). The summed E-state index contributed by atoms with van der Waals surface area (Å²) in [6.07, 6.45) is 3.16. The topological polar surface area (TPSA) is 73.8 Å². The Balaban J connectivity index is 1.42. The molecule has 3 aromatic heterocycles. The van der Waals surface area contributed by atoms with Crippen LogP contribution in [-0.2, 0) is 25.6 Å². The zero-order chi connectivity index (χ0) is 19.3. The predicted molar refractivity (Wildman–Crippen MR) is 111 cm³/mol. The highest BCUT2D eigenvalue weighted by Crippen LogP contribution is 2.35. The minimum atomic E-state index is 0.0248. The molecule has 0 radical (unpaired) electrons. The van der Waals surface area contributed by atoms with Crippen molar-refractivity contribution in [3.05, 3.63) is 55.9 Å². The molecule has 28 heavy (non-hydrogen) atoms. The number of rotatable bonds is 4. The van der Waals surface area contributed by atoms with Gasteiger partial charge in [0.05, 0.1) is 21.7 Å². The molecule has 0 N–H and O–H groups in total. The van der Waals surface area contributed by atoms with E-state index in [0.717, 1.165) is 29.5 Å². The van der Waals surface area contributed by atoms with E-state index in [0.29, 0.717) is 33.2 Å². The Labute approximate surface area is 173 Å². The second-order valence-electron chi connectivity index (χ2n) is 6.58. The van der Waals surface area contributed by atoms with Gasteiger partial charge in [-0.3, -0.25) is 9.36 Å². The van der Waals surface area contributed by atoms with Gasteiger partial charge in [0.2, 0.25) is 0 Å². The van der Waals surface area contributed by atoms with Gasteiger partial charge in [-0.1, -0.05) is 40.7 Å². The highest BCUT2D eigenvalue weighted by Gasteiger charge is 2.22. The van der Waals surface area contributed by atoms with Crippen molar-refractivity contribution >= 4 is 44.9 Å². The number of halogens is 1. The maximum atomic E-state index is 12.9. The maximum Gasteiger partial charge on any atom is 0.262 e. The van der Waals surface area contributed by atoms with Gasteiger partial charge in [0.25, 0.3) is 11.4 Å². The van der Waals surface area contributed by atoms with E-state index in [4.69, 9.17) is 21.1 Å². The van der Waals surface area contributed by atoms with Crippen molar-refractivity contribution in [1.29, 1.82) is 0 Å². The molecular formula is C19H15ClN4O2S2. The largest absolute Gasteiger partial charge is 0.334 e. The number of aromatic nitrogens is 4. The third-order valence-electron chi connectivity index (χ3n) is 4.81. The summed E-state index contributed by atoms with van der Waals surface area (Å²) in [5.41, 5.74) is 1.93. The SMILES string of the molecule is Cn1c(SCc2noc(-c3ccccc3Cl)n2)nc2sc3c(c2c1=O)CCC3. The molecule has 0 atom stereocenters. The first-order valence-corrected chi connectivity index (χ1v) is 11.0. The lowest BCUT2D eigenvalue weighted by molar-refractivity contribution is 0.425. The van der Waals surface area contributed by atoms with Crippen LogP contribution in [0, 0.1) is 0 Å². The monoisotopic (exact) mass is 430 g/mol. The molecular weight excluding hydrogens is 416 g/mol. The van der Waals surface area contributed by atoms with Crippen LogP contribution in [0.4, 0.5) is 0 Å². The van der Waals surface area contributed by atoms with Crippen molar-refractivity contribution in [1.82, 2.24) is 19.7 Å². The molecule has 0 fully saturated rings. The van der Waals surface area contributed by atoms with Crippen LogP contribution in [0.3, 0.4) is 0 Å². The van der Waals surface area contributed by atoms with Crippen molar-refractivity contribution in [3.63, 3.8) is 0 Å². The molecule has 3 heterocycles. The van der Waals surface area contributed by atoms with E-state index < -0.39 is 0 Å². The standard InChI is InChI=1S/C19H15ClN4O2S2/c1-24-18(25)15-11-6-4-8-13(11)28-17(15)22-19(24)27-9-14-21-16(26-23-14)10-5-2-3-7-12(10)20/h2-3,5,7H,4,6,8-9H2,1H3. The molecule has 0 aliphatic heterocycles. The molecule has 0 amide bonds. The Hall–Kier alpha value is -2.16. The third kappa shape index (κ3) is 2.96. The van der Waals surface area contributed by atoms with Crippen molar-refractivity contribution < 1.29 is 4.52 Å². The van der Waals surface area contributed by atoms with Crippen molar-refractivity contribution in [3.8, 4) is 11.5 Å². The number of hydrogen-bond acceptors (Lipinski definition) is 7. The average Bonchev–Trinajstić information content (AvgIpc) is 3.39. The van der Waals surface area contributed by atoms with Crippen LogP contribution in [0.5, 0.6) is 0 Å². The Morgan fingerprint density at radius 1 is 1.29 bits per heavy atom. The number of nitrogens with zero attached hydrogens (tertiary/aromatic N) is 4. The maximum absolute atomic E-state index is 12.9. The number of aryl methyl sites for hydroxylation is 2. The van der Waals surface area contributed by atoms with Gasteiger partial charge in [-0.25, -0.2) is 4.98 Å². The molecule has 0 saturated carbocycles. The molecule has 1 aromatic carbocycles. The molecule has 0 saturated heterocycles. The molecule has 9 heteroatoms. The van der Waals surface area contributed by atoms with Crippen LogP contribution < -0.4 is 5.56 Å². The van der Waals surface area contributed by atoms with Gasteiger partial charge >= 0.3 is 0 Å². The quantitative estimate of drug-likeness (QED) is 0.351. The van der Waals surface area contributed by atoms with Crippen LogP contribution in [0.25, 0.3) is 21.7 Å². The van der Waals surface area contributed by atoms with Crippen LogP contribution in [-0.4, -0.2) is 19.7 Å². The summed E-state index contributed by atoms with van der Waals surface area (Å²) in [6, 6.07) is 7.33. The van der Waals surface area contributed by atoms with Gasteiger partial charge in [-0.2, -0.15) is 4.98 Å². The molecule has 1 aliphatic rings. The van der Waals surface area contributed by atoms with Crippen molar-refractivity contribution in [2.24, 2.45) is 7.05 Å². The fraction of sp³-hybridized carbons (Fsp3) is 0.263. The highest BCUT2D eigenvalue weighted by molar-refractivity contribution is 7.98. The minimum Gasteiger partial charge on any atom is -0.334 e. The number of thiophene rings is 1. The smallest absolute Gasteiger partial charge is 0.262 e. The minimum absolute atomic E-state index is 0.0248. The summed E-state index contributed by atoms with van der Waals surface area (Å²) in [6.45, 7) is 0. The Kier molecular flexibility index (Phi) is 4.49. The summed E-state index contributed by atoms with van der Waals surface area (Å²) >= 11 is 9.26. The van der Waals surface area contributed by atoms with E-state index in [1.54, 1.807) is 29.0 Å². The number of fused-ring (bicyclic) bond motifs is 3. The lowest BCUT2D eigenvalue weighted by Crippen LogP contribution is -2.20. The van der Waals surface area contributed by atoms with Crippen LogP contribution in [0.15, 0.2) is 38.7 Å². The molecule has 4 aromatic rings. The normalized spacial score (nSPS) is 13.4. The summed E-state index contributed by atoms with van der Waals surface area (Å²) in [4.78, 5) is 24.1. The molecule has 6 nitrogen and oxygen atoms in total. The highest BCUT2D eigenvalue weighted by atomic mass is 35.5. The van der Waals surface area contributed by atoms with E-state index in [1.165, 1.54) is 22.2 Å². The second-order valence-corrected chi connectivity index (χ2v) is 9.01. The summed E-state index contributed by atoms with van der Waals surface area (Å²) < 4.78 is 6.96. The zero-order valence-corrected chi connectivity index (χ0v) is 17.3. The van der Waals surface area contributed by atoms with Crippen molar-refractivity contribution in [2.75, 3.05) is 0 Å². The fourth-order valence-electron chi connectivity index (χ4n) is 3.42. The first kappa shape index (κ1) is 17.9. The van der Waals surface area contributed by atoms with E-state index in [-0.39, 0.29) is 5.56 Å². The molecule has 0 unspecified atom stereocenters. The first-order valence-electron chi connectivity index (χ1n) is 8.83. The lowest BCUT2D eigenvalue weighted by atomic mass is 10.2. The van der Waals surface area contributed by atoms with Crippen LogP contribution >= 0.6 is 34.7 Å². The summed E-state index contributed by atoms with van der Waals surface area (Å²) in [7, 11) is 1.77. The molecule has 142 valence electrons. The number of hydrogen-bond donors (Lipinski definition) is 0. The fourth-order valence-corrected chi connectivity index (χ4v) is 5.75. The van der Waals surface area contributed by atoms with E-state index in [2.05, 4.69) is 10.1 Å².